The van der Waals surface area contributed by atoms with E-state index in [1.54, 1.807) is 11.3 Å². The number of para-hydroxylation sites is 1. The molecule has 0 bridgehead atoms. The number of hydrogen-bond donors (Lipinski definition) is 1. The van der Waals surface area contributed by atoms with Crippen LogP contribution in [0.5, 0.6) is 0 Å². The molecule has 28 heavy (non-hydrogen) atoms. The number of nitrogens with zero attached hydrogens (tertiary/aromatic N) is 1. The molecule has 1 aromatic heterocycles. The van der Waals surface area contributed by atoms with Crippen molar-refractivity contribution in [2.24, 2.45) is 0 Å². The highest BCUT2D eigenvalue weighted by Crippen LogP contribution is 2.23. The second kappa shape index (κ2) is 9.46. The first-order chi connectivity index (χ1) is 13.5. The second-order valence-electron chi connectivity index (χ2n) is 6.81. The SMILES string of the molecule is Cc1ccc(C)c(NC(=O)COC(=O)CCCCc2nc3ccccc3s2)c1. The monoisotopic (exact) mass is 396 g/mol. The predicted molar refractivity (Wildman–Crippen MR) is 113 cm³/mol. The van der Waals surface area contributed by atoms with Gasteiger partial charge in [-0.1, -0.05) is 24.3 Å². The summed E-state index contributed by atoms with van der Waals surface area (Å²) >= 11 is 1.69. The van der Waals surface area contributed by atoms with E-state index in [0.29, 0.717) is 12.8 Å². The number of anilines is 1. The van der Waals surface area contributed by atoms with E-state index in [9.17, 15) is 9.59 Å². The van der Waals surface area contributed by atoms with E-state index in [0.717, 1.165) is 40.2 Å². The Kier molecular flexibility index (Phi) is 6.76. The lowest BCUT2D eigenvalue weighted by Gasteiger charge is -2.09. The summed E-state index contributed by atoms with van der Waals surface area (Å²) in [5.41, 5.74) is 3.81. The number of thiazole rings is 1. The van der Waals surface area contributed by atoms with Gasteiger partial charge in [0.15, 0.2) is 6.61 Å². The molecule has 0 radical (unpaired) electrons. The van der Waals surface area contributed by atoms with Gasteiger partial charge in [0, 0.05) is 12.1 Å². The number of amides is 1. The van der Waals surface area contributed by atoms with Crippen molar-refractivity contribution in [2.45, 2.75) is 39.5 Å². The molecule has 5 nitrogen and oxygen atoms in total. The van der Waals surface area contributed by atoms with Crippen LogP contribution in [0.25, 0.3) is 10.2 Å². The number of unbranched alkanes of at least 4 members (excludes halogenated alkanes) is 1. The fraction of sp³-hybridized carbons (Fsp3) is 0.318. The Morgan fingerprint density at radius 1 is 1.11 bits per heavy atom. The maximum absolute atomic E-state index is 12.0. The standard InChI is InChI=1S/C22H24N2O3S/c1-15-11-12-16(2)18(13-15)23-20(25)14-27-22(26)10-6-5-9-21-24-17-7-3-4-8-19(17)28-21/h3-4,7-8,11-13H,5-6,9-10,14H2,1-2H3,(H,23,25). The molecule has 3 aromatic rings. The molecule has 0 saturated carbocycles. The van der Waals surface area contributed by atoms with Crippen LogP contribution in [-0.4, -0.2) is 23.5 Å². The summed E-state index contributed by atoms with van der Waals surface area (Å²) in [4.78, 5) is 28.4. The summed E-state index contributed by atoms with van der Waals surface area (Å²) < 4.78 is 6.27. The number of carbonyl (C=O) groups is 2. The molecule has 1 amide bonds. The van der Waals surface area contributed by atoms with Crippen molar-refractivity contribution in [2.75, 3.05) is 11.9 Å². The minimum absolute atomic E-state index is 0.260. The van der Waals surface area contributed by atoms with Crippen LogP contribution in [0.1, 0.15) is 35.4 Å². The summed E-state index contributed by atoms with van der Waals surface area (Å²) in [6.07, 6.45) is 2.73. The molecule has 0 aliphatic rings. The van der Waals surface area contributed by atoms with Crippen LogP contribution in [0.4, 0.5) is 5.69 Å². The number of benzene rings is 2. The Morgan fingerprint density at radius 3 is 2.75 bits per heavy atom. The van der Waals surface area contributed by atoms with Gasteiger partial charge in [0.1, 0.15) is 0 Å². The average Bonchev–Trinajstić information content (AvgIpc) is 3.09. The summed E-state index contributed by atoms with van der Waals surface area (Å²) in [5.74, 6) is -0.670. The maximum atomic E-state index is 12.0. The van der Waals surface area contributed by atoms with Crippen molar-refractivity contribution in [1.29, 1.82) is 0 Å². The molecule has 0 spiro atoms. The molecule has 1 heterocycles. The summed E-state index contributed by atoms with van der Waals surface area (Å²) in [6.45, 7) is 3.63. The van der Waals surface area contributed by atoms with Gasteiger partial charge >= 0.3 is 5.97 Å². The van der Waals surface area contributed by atoms with Crippen LogP contribution in [0, 0.1) is 13.8 Å². The first-order valence-corrected chi connectivity index (χ1v) is 10.2. The van der Waals surface area contributed by atoms with Crippen LogP contribution in [0.15, 0.2) is 42.5 Å². The summed E-state index contributed by atoms with van der Waals surface area (Å²) in [5, 5.41) is 3.87. The van der Waals surface area contributed by atoms with Gasteiger partial charge in [0.2, 0.25) is 0 Å². The number of esters is 1. The minimum atomic E-state index is -0.347. The van der Waals surface area contributed by atoms with Crippen molar-refractivity contribution in [3.05, 3.63) is 58.6 Å². The number of aryl methyl sites for hydroxylation is 3. The molecule has 0 atom stereocenters. The smallest absolute Gasteiger partial charge is 0.306 e. The molecular formula is C22H24N2O3S. The highest BCUT2D eigenvalue weighted by Gasteiger charge is 2.10. The lowest BCUT2D eigenvalue weighted by Crippen LogP contribution is -2.21. The Labute approximate surface area is 168 Å². The van der Waals surface area contributed by atoms with Crippen LogP contribution in [0.3, 0.4) is 0 Å². The first-order valence-electron chi connectivity index (χ1n) is 9.38. The van der Waals surface area contributed by atoms with E-state index >= 15 is 0 Å². The molecule has 3 rings (SSSR count). The number of carbonyl (C=O) groups excluding carboxylic acids is 2. The van der Waals surface area contributed by atoms with Crippen LogP contribution in [0.2, 0.25) is 0 Å². The molecule has 0 unspecified atom stereocenters. The number of nitrogens with one attached hydrogen (secondary N) is 1. The third kappa shape index (κ3) is 5.63. The molecule has 0 saturated heterocycles. The zero-order chi connectivity index (χ0) is 19.9. The molecule has 2 aromatic carbocycles. The van der Waals surface area contributed by atoms with Crippen LogP contribution < -0.4 is 5.32 Å². The molecule has 1 N–H and O–H groups in total. The highest BCUT2D eigenvalue weighted by atomic mass is 32.1. The molecule has 6 heteroatoms. The van der Waals surface area contributed by atoms with Gasteiger partial charge in [-0.3, -0.25) is 9.59 Å². The molecule has 0 fully saturated rings. The number of fused-ring (bicyclic) bond motifs is 1. The van der Waals surface area contributed by atoms with Gasteiger partial charge in [0.05, 0.1) is 15.2 Å². The van der Waals surface area contributed by atoms with Gasteiger partial charge in [0.25, 0.3) is 5.91 Å². The van der Waals surface area contributed by atoms with E-state index in [1.165, 1.54) is 4.70 Å². The van der Waals surface area contributed by atoms with Crippen LogP contribution >= 0.6 is 11.3 Å². The highest BCUT2D eigenvalue weighted by molar-refractivity contribution is 7.18. The maximum Gasteiger partial charge on any atom is 0.306 e. The van der Waals surface area contributed by atoms with E-state index in [4.69, 9.17) is 4.74 Å². The van der Waals surface area contributed by atoms with E-state index < -0.39 is 0 Å². The number of hydrogen-bond acceptors (Lipinski definition) is 5. The molecule has 0 aliphatic heterocycles. The zero-order valence-corrected chi connectivity index (χ0v) is 17.0. The second-order valence-corrected chi connectivity index (χ2v) is 7.92. The zero-order valence-electron chi connectivity index (χ0n) is 16.2. The van der Waals surface area contributed by atoms with Crippen molar-refractivity contribution >= 4 is 39.1 Å². The Bertz CT molecular complexity index is 948. The van der Waals surface area contributed by atoms with Crippen molar-refractivity contribution in [3.8, 4) is 0 Å². The number of ether oxygens (including phenoxy) is 1. The Balaban J connectivity index is 1.35. The fourth-order valence-electron chi connectivity index (χ4n) is 2.85. The van der Waals surface area contributed by atoms with E-state index in [2.05, 4.69) is 16.4 Å². The molecular weight excluding hydrogens is 372 g/mol. The largest absolute Gasteiger partial charge is 0.456 e. The topological polar surface area (TPSA) is 68.3 Å². The van der Waals surface area contributed by atoms with Gasteiger partial charge in [-0.2, -0.15) is 0 Å². The van der Waals surface area contributed by atoms with E-state index in [1.807, 2.05) is 50.2 Å². The van der Waals surface area contributed by atoms with E-state index in [-0.39, 0.29) is 18.5 Å². The first kappa shape index (κ1) is 20.0. The van der Waals surface area contributed by atoms with Gasteiger partial charge < -0.3 is 10.1 Å². The fourth-order valence-corrected chi connectivity index (χ4v) is 3.86. The minimum Gasteiger partial charge on any atom is -0.456 e. The van der Waals surface area contributed by atoms with Gasteiger partial charge in [-0.25, -0.2) is 4.98 Å². The molecule has 0 aliphatic carbocycles. The lowest BCUT2D eigenvalue weighted by atomic mass is 10.1. The van der Waals surface area contributed by atoms with Crippen molar-refractivity contribution in [1.82, 2.24) is 4.98 Å². The van der Waals surface area contributed by atoms with Gasteiger partial charge in [-0.05, 0) is 62.4 Å². The number of aromatic nitrogens is 1. The molecule has 146 valence electrons. The summed E-state index contributed by atoms with van der Waals surface area (Å²) in [6, 6.07) is 13.9. The summed E-state index contributed by atoms with van der Waals surface area (Å²) in [7, 11) is 0. The number of rotatable bonds is 8. The van der Waals surface area contributed by atoms with Gasteiger partial charge in [-0.15, -0.1) is 11.3 Å². The quantitative estimate of drug-likeness (QED) is 0.438. The van der Waals surface area contributed by atoms with Crippen molar-refractivity contribution < 1.29 is 14.3 Å². The predicted octanol–water partition coefficient (Wildman–Crippen LogP) is 4.81. The average molecular weight is 397 g/mol. The Hall–Kier alpha value is -2.73. The normalized spacial score (nSPS) is 10.8. The third-order valence-corrected chi connectivity index (χ3v) is 5.49. The third-order valence-electron chi connectivity index (χ3n) is 4.39. The Morgan fingerprint density at radius 2 is 1.93 bits per heavy atom. The van der Waals surface area contributed by atoms with Crippen molar-refractivity contribution in [3.63, 3.8) is 0 Å². The van der Waals surface area contributed by atoms with Crippen LogP contribution in [-0.2, 0) is 20.7 Å². The lowest BCUT2D eigenvalue weighted by molar-refractivity contribution is -0.147.